The molecule has 2 aliphatic heterocycles. The lowest BCUT2D eigenvalue weighted by atomic mass is 9.76. The minimum atomic E-state index is -0.451. The molecule has 1 amide bonds. The van der Waals surface area contributed by atoms with Crippen LogP contribution in [0.15, 0.2) is 10.6 Å². The molecule has 0 bridgehead atoms. The molecule has 2 fully saturated rings. The molecule has 1 aromatic rings. The van der Waals surface area contributed by atoms with Crippen molar-refractivity contribution in [3.8, 4) is 0 Å². The van der Waals surface area contributed by atoms with Gasteiger partial charge in [0.2, 0.25) is 5.91 Å². The molecular formula is C18H30N4O3. The van der Waals surface area contributed by atoms with Crippen LogP contribution in [0.1, 0.15) is 36.6 Å². The van der Waals surface area contributed by atoms with Crippen molar-refractivity contribution in [1.29, 1.82) is 0 Å². The fourth-order valence-corrected chi connectivity index (χ4v) is 3.68. The maximum absolute atomic E-state index is 12.9. The molecule has 7 nitrogen and oxygen atoms in total. The number of piperidine rings is 1. The molecule has 25 heavy (non-hydrogen) atoms. The van der Waals surface area contributed by atoms with E-state index in [-0.39, 0.29) is 5.91 Å². The van der Waals surface area contributed by atoms with Gasteiger partial charge in [-0.05, 0) is 39.9 Å². The summed E-state index contributed by atoms with van der Waals surface area (Å²) in [6.45, 7) is 4.65. The number of nitrogens with one attached hydrogen (secondary N) is 2. The van der Waals surface area contributed by atoms with Gasteiger partial charge < -0.3 is 24.8 Å². The van der Waals surface area contributed by atoms with Gasteiger partial charge >= 0.3 is 0 Å². The third-order valence-electron chi connectivity index (χ3n) is 5.24. The first-order chi connectivity index (χ1) is 12.1. The van der Waals surface area contributed by atoms with E-state index in [1.165, 1.54) is 0 Å². The highest BCUT2D eigenvalue weighted by atomic mass is 16.5. The van der Waals surface area contributed by atoms with Crippen LogP contribution < -0.4 is 10.6 Å². The van der Waals surface area contributed by atoms with Crippen LogP contribution in [0.4, 0.5) is 0 Å². The molecule has 1 aromatic heterocycles. The quantitative estimate of drug-likeness (QED) is 0.756. The first kappa shape index (κ1) is 18.4. The Kier molecular flexibility index (Phi) is 6.09. The average molecular weight is 350 g/mol. The molecule has 3 heterocycles. The maximum atomic E-state index is 12.9. The number of ether oxygens (including phenoxy) is 1. The normalized spacial score (nSPS) is 26.9. The molecule has 0 unspecified atom stereocenters. The first-order valence-electron chi connectivity index (χ1n) is 9.26. The predicted molar refractivity (Wildman–Crippen MR) is 94.5 cm³/mol. The van der Waals surface area contributed by atoms with E-state index in [2.05, 4.69) is 20.7 Å². The minimum Gasteiger partial charge on any atom is -0.381 e. The van der Waals surface area contributed by atoms with Crippen molar-refractivity contribution in [3.05, 3.63) is 17.5 Å². The third kappa shape index (κ3) is 4.59. The zero-order valence-electron chi connectivity index (χ0n) is 15.3. The summed E-state index contributed by atoms with van der Waals surface area (Å²) in [4.78, 5) is 15.0. The molecule has 2 N–H and O–H groups in total. The number of hydrogen-bond donors (Lipinski definition) is 2. The average Bonchev–Trinajstić information content (AvgIpc) is 3.26. The van der Waals surface area contributed by atoms with Gasteiger partial charge in [0, 0.05) is 44.6 Å². The summed E-state index contributed by atoms with van der Waals surface area (Å²) >= 11 is 0. The number of rotatable bonds is 7. The second kappa shape index (κ2) is 8.29. The second-order valence-electron chi connectivity index (χ2n) is 7.58. The number of likely N-dealkylation sites (N-methyl/N-ethyl adjacent to an activating group) is 1. The number of carbonyl (C=O) groups excluding carboxylic acids is 1. The summed E-state index contributed by atoms with van der Waals surface area (Å²) in [7, 11) is 4.01. The molecule has 2 aliphatic rings. The van der Waals surface area contributed by atoms with Gasteiger partial charge in [-0.2, -0.15) is 0 Å². The van der Waals surface area contributed by atoms with Crippen LogP contribution in [-0.4, -0.2) is 69.5 Å². The number of carbonyl (C=O) groups is 1. The van der Waals surface area contributed by atoms with Crippen molar-refractivity contribution in [1.82, 2.24) is 20.7 Å². The Morgan fingerprint density at radius 2 is 2.40 bits per heavy atom. The van der Waals surface area contributed by atoms with Crippen molar-refractivity contribution < 1.29 is 14.1 Å². The van der Waals surface area contributed by atoms with Crippen molar-refractivity contribution in [2.45, 2.75) is 31.6 Å². The lowest BCUT2D eigenvalue weighted by molar-refractivity contribution is -0.132. The minimum absolute atomic E-state index is 0.115. The molecule has 0 saturated carbocycles. The Hall–Kier alpha value is -1.44. The van der Waals surface area contributed by atoms with E-state index in [4.69, 9.17) is 9.26 Å². The summed E-state index contributed by atoms with van der Waals surface area (Å²) in [5, 5.41) is 10.7. The fourth-order valence-electron chi connectivity index (χ4n) is 3.68. The molecule has 7 heteroatoms. The zero-order valence-corrected chi connectivity index (χ0v) is 15.3. The Morgan fingerprint density at radius 3 is 3.08 bits per heavy atom. The Bertz CT molecular complexity index is 560. The van der Waals surface area contributed by atoms with Gasteiger partial charge in [0.25, 0.3) is 0 Å². The van der Waals surface area contributed by atoms with Gasteiger partial charge in [-0.15, -0.1) is 0 Å². The predicted octanol–water partition coefficient (Wildman–Crippen LogP) is 0.769. The van der Waals surface area contributed by atoms with Crippen LogP contribution >= 0.6 is 0 Å². The first-order valence-corrected chi connectivity index (χ1v) is 9.26. The SMILES string of the molecule is CN(C)CCNC(=O)[C@]1(Cc2cc([C@H]3CCOC3)no2)CCCNC1. The highest BCUT2D eigenvalue weighted by molar-refractivity contribution is 5.83. The smallest absolute Gasteiger partial charge is 0.228 e. The number of amides is 1. The molecule has 0 aromatic carbocycles. The van der Waals surface area contributed by atoms with Gasteiger partial charge in [0.1, 0.15) is 5.76 Å². The van der Waals surface area contributed by atoms with E-state index < -0.39 is 5.41 Å². The third-order valence-corrected chi connectivity index (χ3v) is 5.24. The summed E-state index contributed by atoms with van der Waals surface area (Å²) in [6.07, 6.45) is 3.45. The summed E-state index contributed by atoms with van der Waals surface area (Å²) < 4.78 is 11.0. The Balaban J connectivity index is 1.66. The molecule has 0 radical (unpaired) electrons. The highest BCUT2D eigenvalue weighted by Crippen LogP contribution is 2.33. The fraction of sp³-hybridized carbons (Fsp3) is 0.778. The molecule has 3 rings (SSSR count). The van der Waals surface area contributed by atoms with E-state index in [1.54, 1.807) is 0 Å². The largest absolute Gasteiger partial charge is 0.381 e. The van der Waals surface area contributed by atoms with Crippen LogP contribution in [0.5, 0.6) is 0 Å². The number of hydrogen-bond acceptors (Lipinski definition) is 6. The van der Waals surface area contributed by atoms with Crippen molar-refractivity contribution in [3.63, 3.8) is 0 Å². The van der Waals surface area contributed by atoms with Gasteiger partial charge in [-0.3, -0.25) is 4.79 Å². The zero-order chi connectivity index (χ0) is 17.7. The van der Waals surface area contributed by atoms with Crippen LogP contribution in [0, 0.1) is 5.41 Å². The monoisotopic (exact) mass is 350 g/mol. The van der Waals surface area contributed by atoms with Crippen LogP contribution in [0.3, 0.4) is 0 Å². The van der Waals surface area contributed by atoms with E-state index in [9.17, 15) is 4.79 Å². The molecule has 140 valence electrons. The standard InChI is InChI=1S/C18H30N4O3/c1-22(2)8-7-20-17(23)18(5-3-6-19-13-18)11-15-10-16(21-25-15)14-4-9-24-12-14/h10,14,19H,3-9,11-13H2,1-2H3,(H,20,23)/t14-,18-/m0/s1. The highest BCUT2D eigenvalue weighted by Gasteiger charge is 2.41. The second-order valence-corrected chi connectivity index (χ2v) is 7.58. The van der Waals surface area contributed by atoms with Crippen LogP contribution in [0.25, 0.3) is 0 Å². The summed E-state index contributed by atoms with van der Waals surface area (Å²) in [6, 6.07) is 2.02. The van der Waals surface area contributed by atoms with Crippen molar-refractivity contribution in [2.75, 3.05) is 53.5 Å². The lowest BCUT2D eigenvalue weighted by Crippen LogP contribution is -2.52. The lowest BCUT2D eigenvalue weighted by Gasteiger charge is -2.35. The van der Waals surface area contributed by atoms with Crippen molar-refractivity contribution in [2.24, 2.45) is 5.41 Å². The van der Waals surface area contributed by atoms with Crippen LogP contribution in [-0.2, 0) is 16.0 Å². The van der Waals surface area contributed by atoms with Gasteiger partial charge in [-0.1, -0.05) is 5.16 Å². The molecule has 2 saturated heterocycles. The topological polar surface area (TPSA) is 79.6 Å². The van der Waals surface area contributed by atoms with E-state index in [0.717, 1.165) is 50.4 Å². The van der Waals surface area contributed by atoms with E-state index >= 15 is 0 Å². The maximum Gasteiger partial charge on any atom is 0.228 e. The molecule has 0 spiro atoms. The van der Waals surface area contributed by atoms with Crippen LogP contribution in [0.2, 0.25) is 0 Å². The van der Waals surface area contributed by atoms with Crippen molar-refractivity contribution >= 4 is 5.91 Å². The summed E-state index contributed by atoms with van der Waals surface area (Å²) in [5.41, 5.74) is 0.507. The number of aromatic nitrogens is 1. The van der Waals surface area contributed by atoms with E-state index in [1.807, 2.05) is 20.2 Å². The Labute approximate surface area is 149 Å². The van der Waals surface area contributed by atoms with Gasteiger partial charge in [0.05, 0.1) is 17.7 Å². The van der Waals surface area contributed by atoms with Gasteiger partial charge in [0.15, 0.2) is 0 Å². The number of nitrogens with zero attached hydrogens (tertiary/aromatic N) is 2. The molecular weight excluding hydrogens is 320 g/mol. The summed E-state index contributed by atoms with van der Waals surface area (Å²) in [5.74, 6) is 1.24. The Morgan fingerprint density at radius 1 is 1.52 bits per heavy atom. The molecule has 0 aliphatic carbocycles. The van der Waals surface area contributed by atoms with E-state index in [0.29, 0.717) is 32.0 Å². The molecule has 2 atom stereocenters. The van der Waals surface area contributed by atoms with Gasteiger partial charge in [-0.25, -0.2) is 0 Å².